The molecule has 2 atom stereocenters. The number of aromatic nitrogens is 1. The van der Waals surface area contributed by atoms with Gasteiger partial charge < -0.3 is 10.1 Å². The monoisotopic (exact) mass is 274 g/mol. The van der Waals surface area contributed by atoms with Crippen molar-refractivity contribution in [2.24, 2.45) is 5.41 Å². The van der Waals surface area contributed by atoms with Gasteiger partial charge in [0.2, 0.25) is 0 Å². The van der Waals surface area contributed by atoms with E-state index in [4.69, 9.17) is 4.74 Å². The van der Waals surface area contributed by atoms with Gasteiger partial charge in [0.25, 0.3) is 0 Å². The fraction of sp³-hybridized carbons (Fsp3) is 0.706. The Morgan fingerprint density at radius 3 is 2.85 bits per heavy atom. The zero-order valence-electron chi connectivity index (χ0n) is 12.7. The maximum Gasteiger partial charge on any atom is 0.0670 e. The summed E-state index contributed by atoms with van der Waals surface area (Å²) in [6.45, 7) is 5.03. The van der Waals surface area contributed by atoms with E-state index in [-0.39, 0.29) is 0 Å². The summed E-state index contributed by atoms with van der Waals surface area (Å²) in [4.78, 5) is 4.39. The summed E-state index contributed by atoms with van der Waals surface area (Å²) in [6, 6.07) is 4.72. The molecule has 0 saturated heterocycles. The fourth-order valence-corrected chi connectivity index (χ4v) is 4.09. The van der Waals surface area contributed by atoms with Gasteiger partial charge in [0.15, 0.2) is 0 Å². The Morgan fingerprint density at radius 2 is 2.15 bits per heavy atom. The zero-order chi connectivity index (χ0) is 14.0. The Labute approximate surface area is 122 Å². The van der Waals surface area contributed by atoms with Gasteiger partial charge in [0.1, 0.15) is 0 Å². The molecular formula is C17H26N2O. The molecule has 0 bridgehead atoms. The molecule has 1 N–H and O–H groups in total. The van der Waals surface area contributed by atoms with Crippen LogP contribution in [0.25, 0.3) is 0 Å². The van der Waals surface area contributed by atoms with Gasteiger partial charge >= 0.3 is 0 Å². The molecule has 3 nitrogen and oxygen atoms in total. The molecule has 2 aliphatic rings. The van der Waals surface area contributed by atoms with Crippen LogP contribution in [0, 0.1) is 12.3 Å². The van der Waals surface area contributed by atoms with Gasteiger partial charge in [-0.15, -0.1) is 0 Å². The predicted octanol–water partition coefficient (Wildman–Crippen LogP) is 3.93. The van der Waals surface area contributed by atoms with Crippen LogP contribution in [-0.4, -0.2) is 23.7 Å². The van der Waals surface area contributed by atoms with Crippen molar-refractivity contribution in [3.05, 3.63) is 24.0 Å². The number of ether oxygens (including phenoxy) is 1. The van der Waals surface area contributed by atoms with Crippen LogP contribution >= 0.6 is 0 Å². The molecule has 3 heteroatoms. The van der Waals surface area contributed by atoms with Crippen LogP contribution in [0.4, 0.5) is 5.69 Å². The first-order chi connectivity index (χ1) is 9.76. The largest absolute Gasteiger partial charge is 0.380 e. The number of rotatable bonds is 4. The Morgan fingerprint density at radius 1 is 1.35 bits per heavy atom. The molecule has 20 heavy (non-hydrogen) atoms. The van der Waals surface area contributed by atoms with Crippen molar-refractivity contribution in [1.29, 1.82) is 0 Å². The molecule has 110 valence electrons. The maximum absolute atomic E-state index is 6.01. The van der Waals surface area contributed by atoms with Gasteiger partial charge in [0, 0.05) is 24.3 Å². The lowest BCUT2D eigenvalue weighted by Crippen LogP contribution is -2.62. The normalized spacial score (nSPS) is 28.1. The van der Waals surface area contributed by atoms with E-state index in [1.165, 1.54) is 37.8 Å². The molecule has 0 aromatic carbocycles. The molecule has 1 spiro atoms. The number of aryl methyl sites for hydroxylation is 1. The van der Waals surface area contributed by atoms with Gasteiger partial charge in [-0.2, -0.15) is 0 Å². The van der Waals surface area contributed by atoms with Crippen molar-refractivity contribution < 1.29 is 4.74 Å². The van der Waals surface area contributed by atoms with E-state index in [0.29, 0.717) is 17.6 Å². The van der Waals surface area contributed by atoms with Crippen molar-refractivity contribution in [3.63, 3.8) is 0 Å². The maximum atomic E-state index is 6.01. The molecule has 1 aromatic heterocycles. The first kappa shape index (κ1) is 13.9. The highest BCUT2D eigenvalue weighted by Crippen LogP contribution is 2.54. The minimum absolute atomic E-state index is 0.372. The van der Waals surface area contributed by atoms with Crippen LogP contribution in [0.1, 0.15) is 51.1 Å². The summed E-state index contributed by atoms with van der Waals surface area (Å²) >= 11 is 0. The summed E-state index contributed by atoms with van der Waals surface area (Å²) in [5.41, 5.74) is 2.66. The molecule has 3 rings (SSSR count). The quantitative estimate of drug-likeness (QED) is 0.903. The van der Waals surface area contributed by atoms with Crippen LogP contribution in [0.3, 0.4) is 0 Å². The summed E-state index contributed by atoms with van der Waals surface area (Å²) in [6.07, 6.45) is 10.2. The SMILES string of the molecule is CCOC1CC(Nc2cccnc2C)C12CCCCC2. The summed E-state index contributed by atoms with van der Waals surface area (Å²) in [7, 11) is 0. The lowest BCUT2D eigenvalue weighted by molar-refractivity contribution is -0.134. The second-order valence-corrected chi connectivity index (χ2v) is 6.31. The Bertz CT molecular complexity index is 454. The molecule has 0 amide bonds. The fourth-order valence-electron chi connectivity index (χ4n) is 4.09. The summed E-state index contributed by atoms with van der Waals surface area (Å²) in [5, 5.41) is 3.75. The highest BCUT2D eigenvalue weighted by Gasteiger charge is 2.55. The van der Waals surface area contributed by atoms with E-state index >= 15 is 0 Å². The van der Waals surface area contributed by atoms with E-state index in [1.807, 2.05) is 12.3 Å². The molecule has 1 aromatic rings. The van der Waals surface area contributed by atoms with Crippen LogP contribution < -0.4 is 5.32 Å². The number of pyridine rings is 1. The van der Waals surface area contributed by atoms with Crippen molar-refractivity contribution in [1.82, 2.24) is 4.98 Å². The molecule has 2 saturated carbocycles. The molecule has 0 aliphatic heterocycles. The Hall–Kier alpha value is -1.09. The molecule has 0 radical (unpaired) electrons. The smallest absolute Gasteiger partial charge is 0.0670 e. The van der Waals surface area contributed by atoms with Crippen LogP contribution in [0.15, 0.2) is 18.3 Å². The molecule has 2 aliphatic carbocycles. The number of hydrogen-bond acceptors (Lipinski definition) is 3. The van der Waals surface area contributed by atoms with E-state index in [2.05, 4.69) is 30.2 Å². The van der Waals surface area contributed by atoms with Crippen LogP contribution in [-0.2, 0) is 4.74 Å². The first-order valence-electron chi connectivity index (χ1n) is 8.06. The topological polar surface area (TPSA) is 34.1 Å². The highest BCUT2D eigenvalue weighted by atomic mass is 16.5. The number of anilines is 1. The highest BCUT2D eigenvalue weighted by molar-refractivity contribution is 5.49. The van der Waals surface area contributed by atoms with Gasteiger partial charge in [0.05, 0.1) is 17.5 Å². The Balaban J connectivity index is 1.75. The number of nitrogens with one attached hydrogen (secondary N) is 1. The van der Waals surface area contributed by atoms with Crippen molar-refractivity contribution in [2.45, 2.75) is 64.5 Å². The second kappa shape index (κ2) is 5.72. The second-order valence-electron chi connectivity index (χ2n) is 6.31. The van der Waals surface area contributed by atoms with Crippen LogP contribution in [0.2, 0.25) is 0 Å². The molecular weight excluding hydrogens is 248 g/mol. The third kappa shape index (κ3) is 2.32. The van der Waals surface area contributed by atoms with Crippen molar-refractivity contribution in [2.75, 3.05) is 11.9 Å². The first-order valence-corrected chi connectivity index (χ1v) is 8.06. The van der Waals surface area contributed by atoms with Gasteiger partial charge in [-0.25, -0.2) is 0 Å². The molecule has 2 unspecified atom stereocenters. The average molecular weight is 274 g/mol. The molecule has 2 fully saturated rings. The molecule has 1 heterocycles. The predicted molar refractivity (Wildman–Crippen MR) is 81.9 cm³/mol. The van der Waals surface area contributed by atoms with E-state index in [9.17, 15) is 0 Å². The van der Waals surface area contributed by atoms with E-state index in [1.54, 1.807) is 0 Å². The summed E-state index contributed by atoms with van der Waals surface area (Å²) in [5.74, 6) is 0. The van der Waals surface area contributed by atoms with Gasteiger partial charge in [-0.1, -0.05) is 19.3 Å². The third-order valence-electron chi connectivity index (χ3n) is 5.27. The standard InChI is InChI=1S/C17H26N2O/c1-3-20-16-12-15(17(16)9-5-4-6-10-17)19-14-8-7-11-18-13(14)2/h7-8,11,15-16,19H,3-6,9-10,12H2,1-2H3. The average Bonchev–Trinajstić information content (AvgIpc) is 2.49. The number of hydrogen-bond donors (Lipinski definition) is 1. The van der Waals surface area contributed by atoms with Crippen LogP contribution in [0.5, 0.6) is 0 Å². The van der Waals surface area contributed by atoms with Gasteiger partial charge in [-0.05, 0) is 45.2 Å². The van der Waals surface area contributed by atoms with Crippen molar-refractivity contribution in [3.8, 4) is 0 Å². The minimum atomic E-state index is 0.372. The van der Waals surface area contributed by atoms with E-state index in [0.717, 1.165) is 18.7 Å². The van der Waals surface area contributed by atoms with Gasteiger partial charge in [-0.3, -0.25) is 4.98 Å². The summed E-state index contributed by atoms with van der Waals surface area (Å²) < 4.78 is 6.01. The minimum Gasteiger partial charge on any atom is -0.380 e. The zero-order valence-corrected chi connectivity index (χ0v) is 12.7. The Kier molecular flexibility index (Phi) is 3.97. The van der Waals surface area contributed by atoms with Crippen molar-refractivity contribution >= 4 is 5.69 Å². The lowest BCUT2D eigenvalue weighted by atomic mass is 9.55. The number of nitrogens with zero attached hydrogens (tertiary/aromatic N) is 1. The lowest BCUT2D eigenvalue weighted by Gasteiger charge is -2.58. The third-order valence-corrected chi connectivity index (χ3v) is 5.27. The van der Waals surface area contributed by atoms with E-state index < -0.39 is 0 Å².